The molecule has 0 radical (unpaired) electrons. The molecule has 1 fully saturated rings. The largest absolute Gasteiger partial charge is 0.371 e. The number of halogens is 2. The van der Waals surface area contributed by atoms with Gasteiger partial charge in [0.2, 0.25) is 0 Å². The van der Waals surface area contributed by atoms with E-state index in [0.717, 1.165) is 41.2 Å². The van der Waals surface area contributed by atoms with Gasteiger partial charge in [0, 0.05) is 42.5 Å². The van der Waals surface area contributed by atoms with Crippen molar-refractivity contribution in [3.63, 3.8) is 0 Å². The van der Waals surface area contributed by atoms with Crippen molar-refractivity contribution in [3.8, 4) is 0 Å². The Bertz CT molecular complexity index is 1080. The van der Waals surface area contributed by atoms with Crippen molar-refractivity contribution < 1.29 is 13.6 Å². The standard InChI is InChI=1S/C23H23F2N3O/c1-14-3-6-22-18(9-14)19(10-15(2)27-22)23(29)26-12-16-7-8-28(13-16)17-4-5-20(24)21(25)11-17/h3-6,9-11,16H,7-8,12-13H2,1-2H3,(H,26,29). The summed E-state index contributed by atoms with van der Waals surface area (Å²) in [5.74, 6) is -1.54. The number of nitrogens with one attached hydrogen (secondary N) is 1. The van der Waals surface area contributed by atoms with Crippen molar-refractivity contribution >= 4 is 22.5 Å². The zero-order chi connectivity index (χ0) is 20.5. The van der Waals surface area contributed by atoms with Crippen LogP contribution in [0.5, 0.6) is 0 Å². The van der Waals surface area contributed by atoms with Crippen molar-refractivity contribution in [2.45, 2.75) is 20.3 Å². The predicted octanol–water partition coefficient (Wildman–Crippen LogP) is 4.39. The van der Waals surface area contributed by atoms with Crippen molar-refractivity contribution in [2.75, 3.05) is 24.5 Å². The Morgan fingerprint density at radius 1 is 1.14 bits per heavy atom. The first-order valence-corrected chi connectivity index (χ1v) is 9.77. The van der Waals surface area contributed by atoms with Gasteiger partial charge in [-0.1, -0.05) is 11.6 Å². The van der Waals surface area contributed by atoms with Gasteiger partial charge in [0.05, 0.1) is 11.1 Å². The normalized spacial score (nSPS) is 16.4. The number of anilines is 1. The lowest BCUT2D eigenvalue weighted by Gasteiger charge is -2.19. The van der Waals surface area contributed by atoms with Gasteiger partial charge in [0.15, 0.2) is 11.6 Å². The third kappa shape index (κ3) is 4.06. The number of rotatable bonds is 4. The first-order chi connectivity index (χ1) is 13.9. The SMILES string of the molecule is Cc1ccc2nc(C)cc(C(=O)NCC3CCN(c4ccc(F)c(F)c4)C3)c2c1. The fraction of sp³-hybridized carbons (Fsp3) is 0.304. The van der Waals surface area contributed by atoms with E-state index in [-0.39, 0.29) is 11.8 Å². The summed E-state index contributed by atoms with van der Waals surface area (Å²) in [4.78, 5) is 19.4. The average Bonchev–Trinajstić information content (AvgIpc) is 3.17. The number of fused-ring (bicyclic) bond motifs is 1. The number of hydrogen-bond acceptors (Lipinski definition) is 3. The Morgan fingerprint density at radius 2 is 1.97 bits per heavy atom. The van der Waals surface area contributed by atoms with Gasteiger partial charge in [-0.2, -0.15) is 0 Å². The molecular weight excluding hydrogens is 372 g/mol. The number of benzene rings is 2. The van der Waals surface area contributed by atoms with E-state index in [1.165, 1.54) is 6.07 Å². The highest BCUT2D eigenvalue weighted by molar-refractivity contribution is 6.06. The minimum Gasteiger partial charge on any atom is -0.371 e. The zero-order valence-corrected chi connectivity index (χ0v) is 16.5. The molecule has 0 bridgehead atoms. The number of pyridine rings is 1. The molecule has 0 spiro atoms. The number of carbonyl (C=O) groups is 1. The monoisotopic (exact) mass is 395 g/mol. The number of aryl methyl sites for hydroxylation is 2. The van der Waals surface area contributed by atoms with Crippen LogP contribution in [0.4, 0.5) is 14.5 Å². The Morgan fingerprint density at radius 3 is 2.76 bits per heavy atom. The Hall–Kier alpha value is -3.02. The molecule has 3 aromatic rings. The quantitative estimate of drug-likeness (QED) is 0.713. The second kappa shape index (κ2) is 7.78. The number of hydrogen-bond donors (Lipinski definition) is 1. The van der Waals surface area contributed by atoms with Crippen molar-refractivity contribution in [3.05, 3.63) is 70.9 Å². The molecule has 2 heterocycles. The average molecular weight is 395 g/mol. The Labute approximate surface area is 168 Å². The minimum absolute atomic E-state index is 0.114. The van der Waals surface area contributed by atoms with Gasteiger partial charge in [0.1, 0.15) is 0 Å². The summed E-state index contributed by atoms with van der Waals surface area (Å²) in [6.07, 6.45) is 0.883. The van der Waals surface area contributed by atoms with Crippen LogP contribution >= 0.6 is 0 Å². The van der Waals surface area contributed by atoms with Crippen LogP contribution in [-0.4, -0.2) is 30.5 Å². The lowest BCUT2D eigenvalue weighted by Crippen LogP contribution is -2.31. The molecule has 1 aliphatic heterocycles. The molecule has 1 unspecified atom stereocenters. The van der Waals surface area contributed by atoms with E-state index in [0.29, 0.717) is 24.3 Å². The van der Waals surface area contributed by atoms with Crippen LogP contribution in [0.15, 0.2) is 42.5 Å². The van der Waals surface area contributed by atoms with E-state index in [9.17, 15) is 13.6 Å². The minimum atomic E-state index is -0.841. The molecule has 4 nitrogen and oxygen atoms in total. The van der Waals surface area contributed by atoms with Crippen LogP contribution in [0.3, 0.4) is 0 Å². The molecule has 1 N–H and O–H groups in total. The first-order valence-electron chi connectivity index (χ1n) is 9.77. The molecule has 1 aliphatic rings. The van der Waals surface area contributed by atoms with Gasteiger partial charge < -0.3 is 10.2 Å². The molecule has 2 aromatic carbocycles. The smallest absolute Gasteiger partial charge is 0.252 e. The van der Waals surface area contributed by atoms with Crippen molar-refractivity contribution in [1.29, 1.82) is 0 Å². The van der Waals surface area contributed by atoms with Crippen LogP contribution in [-0.2, 0) is 0 Å². The summed E-state index contributed by atoms with van der Waals surface area (Å²) >= 11 is 0. The van der Waals surface area contributed by atoms with E-state index in [1.54, 1.807) is 6.07 Å². The predicted molar refractivity (Wildman–Crippen MR) is 110 cm³/mol. The fourth-order valence-electron chi connectivity index (χ4n) is 3.91. The van der Waals surface area contributed by atoms with Gasteiger partial charge in [-0.05, 0) is 56.5 Å². The second-order valence-corrected chi connectivity index (χ2v) is 7.74. The highest BCUT2D eigenvalue weighted by Gasteiger charge is 2.24. The lowest BCUT2D eigenvalue weighted by atomic mass is 10.0. The summed E-state index contributed by atoms with van der Waals surface area (Å²) < 4.78 is 26.6. The first kappa shape index (κ1) is 19.3. The number of carbonyl (C=O) groups excluding carboxylic acids is 1. The molecular formula is C23H23F2N3O. The van der Waals surface area contributed by atoms with Gasteiger partial charge in [-0.25, -0.2) is 8.78 Å². The summed E-state index contributed by atoms with van der Waals surface area (Å²) in [6, 6.07) is 11.7. The van der Waals surface area contributed by atoms with E-state index in [1.807, 2.05) is 43.0 Å². The summed E-state index contributed by atoms with van der Waals surface area (Å²) in [5.41, 5.74) is 3.99. The van der Waals surface area contributed by atoms with Gasteiger partial charge >= 0.3 is 0 Å². The molecule has 150 valence electrons. The molecule has 0 aliphatic carbocycles. The Balaban J connectivity index is 1.43. The lowest BCUT2D eigenvalue weighted by molar-refractivity contribution is 0.0949. The maximum absolute atomic E-state index is 13.5. The van der Waals surface area contributed by atoms with E-state index >= 15 is 0 Å². The summed E-state index contributed by atoms with van der Waals surface area (Å²) in [7, 11) is 0. The van der Waals surface area contributed by atoms with E-state index in [2.05, 4.69) is 10.3 Å². The second-order valence-electron chi connectivity index (χ2n) is 7.74. The zero-order valence-electron chi connectivity index (χ0n) is 16.5. The van der Waals surface area contributed by atoms with Gasteiger partial charge in [-0.15, -0.1) is 0 Å². The summed E-state index contributed by atoms with van der Waals surface area (Å²) in [5, 5.41) is 3.89. The van der Waals surface area contributed by atoms with Crippen LogP contribution in [0.25, 0.3) is 10.9 Å². The van der Waals surface area contributed by atoms with Gasteiger partial charge in [0.25, 0.3) is 5.91 Å². The summed E-state index contributed by atoms with van der Waals surface area (Å²) in [6.45, 7) is 5.86. The van der Waals surface area contributed by atoms with Crippen LogP contribution in [0.2, 0.25) is 0 Å². The maximum Gasteiger partial charge on any atom is 0.252 e. The topological polar surface area (TPSA) is 45.2 Å². The molecule has 1 saturated heterocycles. The van der Waals surface area contributed by atoms with Crippen molar-refractivity contribution in [1.82, 2.24) is 10.3 Å². The highest BCUT2D eigenvalue weighted by Crippen LogP contribution is 2.25. The molecule has 1 aromatic heterocycles. The van der Waals surface area contributed by atoms with Crippen molar-refractivity contribution in [2.24, 2.45) is 5.92 Å². The van der Waals surface area contributed by atoms with Crippen LogP contribution < -0.4 is 10.2 Å². The number of nitrogens with zero attached hydrogens (tertiary/aromatic N) is 2. The maximum atomic E-state index is 13.5. The number of amides is 1. The molecule has 1 amide bonds. The van der Waals surface area contributed by atoms with Crippen LogP contribution in [0.1, 0.15) is 28.0 Å². The van der Waals surface area contributed by atoms with Crippen LogP contribution in [0, 0.1) is 31.4 Å². The molecule has 4 rings (SSSR count). The fourth-order valence-corrected chi connectivity index (χ4v) is 3.91. The van der Waals surface area contributed by atoms with E-state index < -0.39 is 11.6 Å². The molecule has 1 atom stereocenters. The van der Waals surface area contributed by atoms with Gasteiger partial charge in [-0.3, -0.25) is 9.78 Å². The third-order valence-corrected chi connectivity index (χ3v) is 5.44. The Kier molecular flexibility index (Phi) is 5.18. The highest BCUT2D eigenvalue weighted by atomic mass is 19.2. The number of aromatic nitrogens is 1. The molecule has 6 heteroatoms. The van der Waals surface area contributed by atoms with E-state index in [4.69, 9.17) is 0 Å². The third-order valence-electron chi connectivity index (χ3n) is 5.44. The molecule has 29 heavy (non-hydrogen) atoms. The molecule has 0 saturated carbocycles.